The number of fused-ring (bicyclic) bond motifs is 3. The van der Waals surface area contributed by atoms with E-state index in [2.05, 4.69) is 4.98 Å². The summed E-state index contributed by atoms with van der Waals surface area (Å²) in [6.45, 7) is 0. The van der Waals surface area contributed by atoms with Crippen molar-refractivity contribution in [3.05, 3.63) is 58.8 Å². The van der Waals surface area contributed by atoms with Gasteiger partial charge in [0.2, 0.25) is 5.78 Å². The van der Waals surface area contributed by atoms with Gasteiger partial charge in [0.05, 0.1) is 19.9 Å². The SMILES string of the molecule is COc1ccc2c3c([nH]c2c1)C(=O)/C(=C/c1ccc(O)c(OC)c1)CC3. The average molecular weight is 349 g/mol. The molecule has 0 aliphatic heterocycles. The first-order valence-electron chi connectivity index (χ1n) is 8.41. The molecule has 0 radical (unpaired) electrons. The maximum Gasteiger partial charge on any atom is 0.205 e. The number of aromatic nitrogens is 1. The minimum atomic E-state index is 0.00783. The van der Waals surface area contributed by atoms with Crippen LogP contribution in [-0.4, -0.2) is 30.1 Å². The van der Waals surface area contributed by atoms with Gasteiger partial charge in [0.1, 0.15) is 5.75 Å². The third-order valence-electron chi connectivity index (χ3n) is 4.82. The Labute approximate surface area is 150 Å². The number of hydrogen-bond acceptors (Lipinski definition) is 4. The first-order valence-corrected chi connectivity index (χ1v) is 8.41. The van der Waals surface area contributed by atoms with Crippen molar-refractivity contribution in [2.75, 3.05) is 14.2 Å². The average Bonchev–Trinajstić information content (AvgIpc) is 3.04. The van der Waals surface area contributed by atoms with Crippen molar-refractivity contribution < 1.29 is 19.4 Å². The molecule has 5 heteroatoms. The van der Waals surface area contributed by atoms with Crippen molar-refractivity contribution in [1.29, 1.82) is 0 Å². The molecule has 0 amide bonds. The molecule has 1 heterocycles. The largest absolute Gasteiger partial charge is 0.504 e. The second-order valence-corrected chi connectivity index (χ2v) is 6.32. The first-order chi connectivity index (χ1) is 12.6. The highest BCUT2D eigenvalue weighted by Crippen LogP contribution is 2.34. The van der Waals surface area contributed by atoms with Crippen molar-refractivity contribution in [2.24, 2.45) is 0 Å². The lowest BCUT2D eigenvalue weighted by atomic mass is 9.89. The van der Waals surface area contributed by atoms with Gasteiger partial charge in [-0.2, -0.15) is 0 Å². The second kappa shape index (κ2) is 6.26. The Balaban J connectivity index is 1.74. The van der Waals surface area contributed by atoms with E-state index in [1.807, 2.05) is 24.3 Å². The number of phenolic OH excluding ortho intramolecular Hbond substituents is 1. The van der Waals surface area contributed by atoms with Gasteiger partial charge in [-0.3, -0.25) is 4.79 Å². The Morgan fingerprint density at radius 3 is 2.69 bits per heavy atom. The number of ether oxygens (including phenoxy) is 2. The molecule has 3 aromatic rings. The number of hydrogen-bond donors (Lipinski definition) is 2. The molecule has 2 aromatic carbocycles. The van der Waals surface area contributed by atoms with Crippen molar-refractivity contribution in [1.82, 2.24) is 4.98 Å². The van der Waals surface area contributed by atoms with Crippen molar-refractivity contribution >= 4 is 22.8 Å². The monoisotopic (exact) mass is 349 g/mol. The van der Waals surface area contributed by atoms with Crippen molar-refractivity contribution in [3.8, 4) is 17.2 Å². The molecule has 132 valence electrons. The molecule has 0 saturated carbocycles. The Kier molecular flexibility index (Phi) is 3.92. The minimum absolute atomic E-state index is 0.00783. The number of Topliss-reactive ketones (excluding diaryl/α,β-unsaturated/α-hetero) is 1. The third-order valence-corrected chi connectivity index (χ3v) is 4.82. The number of aryl methyl sites for hydroxylation is 1. The molecule has 0 unspecified atom stereocenters. The molecule has 0 atom stereocenters. The molecule has 0 spiro atoms. The van der Waals surface area contributed by atoms with Gasteiger partial charge in [0, 0.05) is 22.5 Å². The predicted molar refractivity (Wildman–Crippen MR) is 100 cm³/mol. The fraction of sp³-hybridized carbons (Fsp3) is 0.190. The molecular weight excluding hydrogens is 330 g/mol. The number of aromatic hydroxyl groups is 1. The van der Waals surface area contributed by atoms with Gasteiger partial charge in [-0.05, 0) is 54.3 Å². The van der Waals surface area contributed by atoms with Gasteiger partial charge in [-0.25, -0.2) is 0 Å². The number of H-pyrrole nitrogens is 1. The van der Waals surface area contributed by atoms with E-state index in [0.29, 0.717) is 17.9 Å². The van der Waals surface area contributed by atoms with Gasteiger partial charge in [-0.15, -0.1) is 0 Å². The number of nitrogens with one attached hydrogen (secondary N) is 1. The molecule has 1 aliphatic rings. The fourth-order valence-electron chi connectivity index (χ4n) is 3.47. The zero-order valence-corrected chi connectivity index (χ0v) is 14.6. The quantitative estimate of drug-likeness (QED) is 0.698. The highest BCUT2D eigenvalue weighted by Gasteiger charge is 2.26. The smallest absolute Gasteiger partial charge is 0.205 e. The third kappa shape index (κ3) is 2.62. The number of aromatic amines is 1. The summed E-state index contributed by atoms with van der Waals surface area (Å²) >= 11 is 0. The highest BCUT2D eigenvalue weighted by atomic mass is 16.5. The number of rotatable bonds is 3. The topological polar surface area (TPSA) is 71.6 Å². The Morgan fingerprint density at radius 1 is 1.08 bits per heavy atom. The van der Waals surface area contributed by atoms with Crippen LogP contribution in [0.4, 0.5) is 0 Å². The summed E-state index contributed by atoms with van der Waals surface area (Å²) in [5.74, 6) is 1.24. The molecule has 4 rings (SSSR count). The van der Waals surface area contributed by atoms with E-state index < -0.39 is 0 Å². The molecular formula is C21H19NO4. The maximum atomic E-state index is 13.0. The lowest BCUT2D eigenvalue weighted by Gasteiger charge is -2.14. The van der Waals surface area contributed by atoms with Crippen LogP contribution in [0.1, 0.15) is 28.0 Å². The highest BCUT2D eigenvalue weighted by molar-refractivity contribution is 6.15. The van der Waals surface area contributed by atoms with Crippen LogP contribution in [0.2, 0.25) is 0 Å². The number of benzene rings is 2. The molecule has 0 bridgehead atoms. The van der Waals surface area contributed by atoms with Crippen LogP contribution in [0.25, 0.3) is 17.0 Å². The summed E-state index contributed by atoms with van der Waals surface area (Å²) in [7, 11) is 3.13. The number of methoxy groups -OCH3 is 2. The zero-order chi connectivity index (χ0) is 18.3. The van der Waals surface area contributed by atoms with Gasteiger partial charge in [0.15, 0.2) is 11.5 Å². The van der Waals surface area contributed by atoms with Crippen LogP contribution >= 0.6 is 0 Å². The minimum Gasteiger partial charge on any atom is -0.504 e. The lowest BCUT2D eigenvalue weighted by molar-refractivity contribution is 0.102. The summed E-state index contributed by atoms with van der Waals surface area (Å²) in [5.41, 5.74) is 4.19. The van der Waals surface area contributed by atoms with E-state index in [1.54, 1.807) is 25.3 Å². The predicted octanol–water partition coefficient (Wildman–Crippen LogP) is 4.10. The number of ketones is 1. The summed E-state index contributed by atoms with van der Waals surface area (Å²) < 4.78 is 10.4. The van der Waals surface area contributed by atoms with E-state index in [1.165, 1.54) is 7.11 Å². The van der Waals surface area contributed by atoms with Crippen LogP contribution in [0, 0.1) is 0 Å². The van der Waals surface area contributed by atoms with Crippen LogP contribution in [0.5, 0.6) is 17.2 Å². The van der Waals surface area contributed by atoms with E-state index in [9.17, 15) is 9.90 Å². The zero-order valence-electron chi connectivity index (χ0n) is 14.6. The molecule has 1 aliphatic carbocycles. The Morgan fingerprint density at radius 2 is 1.92 bits per heavy atom. The molecule has 26 heavy (non-hydrogen) atoms. The van der Waals surface area contributed by atoms with Crippen LogP contribution < -0.4 is 9.47 Å². The number of phenols is 1. The standard InChI is InChI=1S/C21H19NO4/c1-25-14-5-7-15-16-6-4-13(21(24)20(16)22-17(15)11-14)9-12-3-8-18(23)19(10-12)26-2/h3,5,7-11,22-23H,4,6H2,1-2H3/b13-9+. The molecule has 2 N–H and O–H groups in total. The van der Waals surface area contributed by atoms with Gasteiger partial charge in [0.25, 0.3) is 0 Å². The summed E-state index contributed by atoms with van der Waals surface area (Å²) in [6, 6.07) is 10.9. The summed E-state index contributed by atoms with van der Waals surface area (Å²) in [4.78, 5) is 16.2. The van der Waals surface area contributed by atoms with E-state index in [4.69, 9.17) is 9.47 Å². The van der Waals surface area contributed by atoms with Gasteiger partial charge in [-0.1, -0.05) is 6.07 Å². The van der Waals surface area contributed by atoms with Gasteiger partial charge < -0.3 is 19.6 Å². The first kappa shape index (κ1) is 16.3. The Bertz CT molecular complexity index is 1050. The normalized spacial score (nSPS) is 15.3. The number of allylic oxidation sites excluding steroid dienone is 1. The van der Waals surface area contributed by atoms with E-state index in [-0.39, 0.29) is 11.5 Å². The Hall–Kier alpha value is -3.21. The van der Waals surface area contributed by atoms with Gasteiger partial charge >= 0.3 is 0 Å². The van der Waals surface area contributed by atoms with Crippen LogP contribution in [0.3, 0.4) is 0 Å². The molecule has 0 fully saturated rings. The molecule has 0 saturated heterocycles. The van der Waals surface area contributed by atoms with Crippen molar-refractivity contribution in [3.63, 3.8) is 0 Å². The maximum absolute atomic E-state index is 13.0. The number of carbonyl (C=O) groups is 1. The van der Waals surface area contributed by atoms with Crippen LogP contribution in [-0.2, 0) is 6.42 Å². The second-order valence-electron chi connectivity index (χ2n) is 6.32. The van der Waals surface area contributed by atoms with E-state index in [0.717, 1.165) is 39.8 Å². The molecule has 1 aromatic heterocycles. The fourth-order valence-corrected chi connectivity index (χ4v) is 3.47. The molecule has 5 nitrogen and oxygen atoms in total. The lowest BCUT2D eigenvalue weighted by Crippen LogP contribution is -2.13. The summed E-state index contributed by atoms with van der Waals surface area (Å²) in [5, 5.41) is 10.8. The number of carbonyl (C=O) groups excluding carboxylic acids is 1. The van der Waals surface area contributed by atoms with Crippen molar-refractivity contribution in [2.45, 2.75) is 12.8 Å². The summed E-state index contributed by atoms with van der Waals surface area (Å²) in [6.07, 6.45) is 3.34. The van der Waals surface area contributed by atoms with Crippen LogP contribution in [0.15, 0.2) is 42.0 Å². The van der Waals surface area contributed by atoms with E-state index >= 15 is 0 Å².